The van der Waals surface area contributed by atoms with E-state index < -0.39 is 11.7 Å². The Bertz CT molecular complexity index is 979. The van der Waals surface area contributed by atoms with Crippen LogP contribution in [0.2, 0.25) is 5.02 Å². The van der Waals surface area contributed by atoms with E-state index in [0.717, 1.165) is 5.69 Å². The summed E-state index contributed by atoms with van der Waals surface area (Å²) in [5.41, 5.74) is 0.872. The smallest absolute Gasteiger partial charge is 0.435 e. The van der Waals surface area contributed by atoms with Gasteiger partial charge in [0.25, 0.3) is 0 Å². The molecule has 0 saturated carbocycles. The van der Waals surface area contributed by atoms with Crippen LogP contribution >= 0.6 is 11.6 Å². The maximum atomic E-state index is 12.2. The fraction of sp³-hybridized carbons (Fsp3) is 0.263. The molecule has 0 unspecified atom stereocenters. The lowest BCUT2D eigenvalue weighted by Gasteiger charge is -2.19. The molecule has 2 N–H and O–H groups in total. The Kier molecular flexibility index (Phi) is 5.51. The van der Waals surface area contributed by atoms with E-state index in [1.54, 1.807) is 58.3 Å². The Balaban J connectivity index is 1.73. The molecule has 3 rings (SSSR count). The molecule has 2 heterocycles. The number of nitrogens with one attached hydrogen (secondary N) is 2. The second kappa shape index (κ2) is 7.85. The minimum atomic E-state index is -0.601. The van der Waals surface area contributed by atoms with Gasteiger partial charge in [-0.2, -0.15) is 4.68 Å². The zero-order valence-electron chi connectivity index (χ0n) is 16.0. The van der Waals surface area contributed by atoms with E-state index in [2.05, 4.69) is 25.7 Å². The van der Waals surface area contributed by atoms with Crippen LogP contribution in [0, 0.1) is 6.92 Å². The van der Waals surface area contributed by atoms with Gasteiger partial charge in [0, 0.05) is 22.5 Å². The monoisotopic (exact) mass is 400 g/mol. The van der Waals surface area contributed by atoms with E-state index in [4.69, 9.17) is 16.3 Å². The van der Waals surface area contributed by atoms with E-state index in [0.29, 0.717) is 28.2 Å². The highest BCUT2D eigenvalue weighted by molar-refractivity contribution is 6.30. The standard InChI is InChI=1S/C19H21ClN6O2/c1-12-9-15(25-26(12)18(27)28-19(2,3)4)23-17-11-21-10-16(24-17)22-14-7-5-13(20)6-8-14/h5-11H,1-4H3,(H2,22,23,24,25). The number of nitrogens with zero attached hydrogens (tertiary/aromatic N) is 4. The highest BCUT2D eigenvalue weighted by atomic mass is 35.5. The molecular weight excluding hydrogens is 380 g/mol. The van der Waals surface area contributed by atoms with Gasteiger partial charge in [0.05, 0.1) is 12.4 Å². The number of rotatable bonds is 4. The molecule has 9 heteroatoms. The quantitative estimate of drug-likeness (QED) is 0.642. The molecule has 0 atom stereocenters. The summed E-state index contributed by atoms with van der Waals surface area (Å²) in [5, 5.41) is 11.1. The van der Waals surface area contributed by atoms with Gasteiger partial charge in [-0.15, -0.1) is 5.10 Å². The predicted octanol–water partition coefficient (Wildman–Crippen LogP) is 4.91. The van der Waals surface area contributed by atoms with E-state index in [1.807, 2.05) is 12.1 Å². The first kappa shape index (κ1) is 19.6. The number of aromatic nitrogens is 4. The van der Waals surface area contributed by atoms with Crippen molar-refractivity contribution < 1.29 is 9.53 Å². The molecule has 0 aliphatic heterocycles. The number of halogens is 1. The van der Waals surface area contributed by atoms with Crippen molar-refractivity contribution in [2.45, 2.75) is 33.3 Å². The summed E-state index contributed by atoms with van der Waals surface area (Å²) in [6.45, 7) is 7.18. The van der Waals surface area contributed by atoms with Crippen LogP contribution in [0.25, 0.3) is 0 Å². The fourth-order valence-electron chi connectivity index (χ4n) is 2.32. The van der Waals surface area contributed by atoms with Crippen LogP contribution in [0.4, 0.5) is 27.9 Å². The second-order valence-corrected chi connectivity index (χ2v) is 7.55. The first-order valence-corrected chi connectivity index (χ1v) is 8.99. The van der Waals surface area contributed by atoms with E-state index in [9.17, 15) is 4.79 Å². The Morgan fingerprint density at radius 2 is 1.71 bits per heavy atom. The largest absolute Gasteiger partial charge is 0.442 e. The molecule has 0 saturated heterocycles. The Hall–Kier alpha value is -3.13. The molecule has 0 aliphatic carbocycles. The van der Waals surface area contributed by atoms with Gasteiger partial charge in [0.2, 0.25) is 0 Å². The van der Waals surface area contributed by atoms with Crippen LogP contribution in [-0.4, -0.2) is 31.4 Å². The molecule has 0 fully saturated rings. The molecule has 0 radical (unpaired) electrons. The summed E-state index contributed by atoms with van der Waals surface area (Å²) in [4.78, 5) is 20.8. The molecule has 146 valence electrons. The van der Waals surface area contributed by atoms with Crippen LogP contribution in [0.1, 0.15) is 26.5 Å². The Labute approximate surface area is 167 Å². The minimum Gasteiger partial charge on any atom is -0.442 e. The summed E-state index contributed by atoms with van der Waals surface area (Å²) in [5.74, 6) is 1.49. The van der Waals surface area contributed by atoms with Gasteiger partial charge in [-0.3, -0.25) is 4.98 Å². The summed E-state index contributed by atoms with van der Waals surface area (Å²) in [6.07, 6.45) is 2.63. The van der Waals surface area contributed by atoms with Crippen LogP contribution < -0.4 is 10.6 Å². The van der Waals surface area contributed by atoms with Crippen molar-refractivity contribution in [3.63, 3.8) is 0 Å². The van der Waals surface area contributed by atoms with Gasteiger partial charge in [0.1, 0.15) is 5.60 Å². The molecule has 8 nitrogen and oxygen atoms in total. The van der Waals surface area contributed by atoms with Crippen LogP contribution in [0.15, 0.2) is 42.7 Å². The predicted molar refractivity (Wildman–Crippen MR) is 109 cm³/mol. The van der Waals surface area contributed by atoms with E-state index in [1.165, 1.54) is 4.68 Å². The Morgan fingerprint density at radius 1 is 1.07 bits per heavy atom. The van der Waals surface area contributed by atoms with Crippen molar-refractivity contribution in [2.24, 2.45) is 0 Å². The number of carbonyl (C=O) groups excluding carboxylic acids is 1. The van der Waals surface area contributed by atoms with Gasteiger partial charge >= 0.3 is 6.09 Å². The first-order valence-electron chi connectivity index (χ1n) is 8.61. The average Bonchev–Trinajstić information content (AvgIpc) is 2.96. The zero-order valence-corrected chi connectivity index (χ0v) is 16.8. The van der Waals surface area contributed by atoms with Crippen molar-refractivity contribution >= 4 is 40.8 Å². The number of anilines is 4. The summed E-state index contributed by atoms with van der Waals surface area (Å²) >= 11 is 5.89. The van der Waals surface area contributed by atoms with Gasteiger partial charge < -0.3 is 15.4 Å². The highest BCUT2D eigenvalue weighted by Crippen LogP contribution is 2.20. The maximum Gasteiger partial charge on any atom is 0.435 e. The lowest BCUT2D eigenvalue weighted by atomic mass is 10.2. The van der Waals surface area contributed by atoms with Crippen molar-refractivity contribution in [1.29, 1.82) is 0 Å². The average molecular weight is 401 g/mol. The number of hydrogen-bond acceptors (Lipinski definition) is 7. The molecule has 28 heavy (non-hydrogen) atoms. The number of carbonyl (C=O) groups is 1. The van der Waals surface area contributed by atoms with Crippen molar-refractivity contribution in [2.75, 3.05) is 10.6 Å². The number of benzene rings is 1. The molecule has 0 bridgehead atoms. The Morgan fingerprint density at radius 3 is 2.36 bits per heavy atom. The number of hydrogen-bond donors (Lipinski definition) is 2. The molecule has 1 aromatic carbocycles. The van der Waals surface area contributed by atoms with Gasteiger partial charge in [0.15, 0.2) is 17.5 Å². The van der Waals surface area contributed by atoms with Crippen LogP contribution in [0.3, 0.4) is 0 Å². The van der Waals surface area contributed by atoms with Gasteiger partial charge in [-0.25, -0.2) is 9.78 Å². The molecular formula is C19H21ClN6O2. The third-order valence-electron chi connectivity index (χ3n) is 3.46. The summed E-state index contributed by atoms with van der Waals surface area (Å²) < 4.78 is 6.55. The van der Waals surface area contributed by atoms with E-state index >= 15 is 0 Å². The number of aryl methyl sites for hydroxylation is 1. The van der Waals surface area contributed by atoms with Gasteiger partial charge in [-0.05, 0) is 52.0 Å². The van der Waals surface area contributed by atoms with E-state index in [-0.39, 0.29) is 0 Å². The third-order valence-corrected chi connectivity index (χ3v) is 3.71. The summed E-state index contributed by atoms with van der Waals surface area (Å²) in [7, 11) is 0. The molecule has 0 spiro atoms. The van der Waals surface area contributed by atoms with Gasteiger partial charge in [-0.1, -0.05) is 11.6 Å². The maximum absolute atomic E-state index is 12.2. The molecule has 0 amide bonds. The van der Waals surface area contributed by atoms with Crippen LogP contribution in [0.5, 0.6) is 0 Å². The lowest BCUT2D eigenvalue weighted by molar-refractivity contribution is 0.0511. The SMILES string of the molecule is Cc1cc(Nc2cncc(Nc3ccc(Cl)cc3)n2)nn1C(=O)OC(C)(C)C. The third kappa shape index (κ3) is 5.20. The second-order valence-electron chi connectivity index (χ2n) is 7.11. The molecule has 0 aliphatic rings. The lowest BCUT2D eigenvalue weighted by Crippen LogP contribution is -2.28. The van der Waals surface area contributed by atoms with Crippen molar-refractivity contribution in [1.82, 2.24) is 19.7 Å². The number of ether oxygens (including phenoxy) is 1. The highest BCUT2D eigenvalue weighted by Gasteiger charge is 2.20. The normalized spacial score (nSPS) is 11.2. The molecule has 3 aromatic rings. The topological polar surface area (TPSA) is 94.0 Å². The van der Waals surface area contributed by atoms with Crippen molar-refractivity contribution in [3.05, 3.63) is 53.4 Å². The minimum absolute atomic E-state index is 0.460. The van der Waals surface area contributed by atoms with Crippen molar-refractivity contribution in [3.8, 4) is 0 Å². The zero-order chi connectivity index (χ0) is 20.3. The first-order chi connectivity index (χ1) is 13.2. The summed E-state index contributed by atoms with van der Waals surface area (Å²) in [6, 6.07) is 8.98. The van der Waals surface area contributed by atoms with Crippen LogP contribution in [-0.2, 0) is 4.74 Å². The fourth-order valence-corrected chi connectivity index (χ4v) is 2.45. The molecule has 2 aromatic heterocycles.